The fourth-order valence-electron chi connectivity index (χ4n) is 3.41. The van der Waals surface area contributed by atoms with E-state index in [9.17, 15) is 8.42 Å². The Morgan fingerprint density at radius 3 is 1.83 bits per heavy atom. The van der Waals surface area contributed by atoms with E-state index in [2.05, 4.69) is 4.72 Å². The molecule has 0 aromatic heterocycles. The highest BCUT2D eigenvalue weighted by Gasteiger charge is 2.22. The molecule has 8 nitrogen and oxygen atoms in total. The topological polar surface area (TPSA) is 92.3 Å². The summed E-state index contributed by atoms with van der Waals surface area (Å²) in [7, 11) is 3.38. The maximum atomic E-state index is 13.2. The van der Waals surface area contributed by atoms with Crippen molar-refractivity contribution in [1.82, 2.24) is 0 Å². The van der Waals surface area contributed by atoms with Crippen LogP contribution in [0.25, 0.3) is 12.2 Å². The van der Waals surface area contributed by atoms with Crippen LogP contribution in [0.5, 0.6) is 28.7 Å². The molecule has 0 unspecified atom stereocenters. The lowest BCUT2D eigenvalue weighted by Gasteiger charge is -2.17. The van der Waals surface area contributed by atoms with Gasteiger partial charge in [0.25, 0.3) is 10.0 Å². The van der Waals surface area contributed by atoms with Gasteiger partial charge in [-0.15, -0.1) is 0 Å². The van der Waals surface area contributed by atoms with Crippen molar-refractivity contribution in [2.75, 3.05) is 40.3 Å². The van der Waals surface area contributed by atoms with Gasteiger partial charge in [0.1, 0.15) is 5.69 Å². The van der Waals surface area contributed by atoms with Crippen molar-refractivity contribution in [3.05, 3.63) is 63.6 Å². The number of benzene rings is 3. The summed E-state index contributed by atoms with van der Waals surface area (Å²) in [5.41, 5.74) is 1.40. The normalized spacial score (nSPS) is 11.3. The highest BCUT2D eigenvalue weighted by molar-refractivity contribution is 7.92. The molecule has 0 atom stereocenters. The largest absolute Gasteiger partial charge is 0.493 e. The predicted molar refractivity (Wildman–Crippen MR) is 142 cm³/mol. The molecule has 0 amide bonds. The zero-order chi connectivity index (χ0) is 26.5. The smallest absolute Gasteiger partial charge is 0.262 e. The van der Waals surface area contributed by atoms with Gasteiger partial charge in [-0.3, -0.25) is 4.72 Å². The molecule has 3 aromatic rings. The summed E-state index contributed by atoms with van der Waals surface area (Å²) in [6.07, 6.45) is 3.48. The number of nitrogens with one attached hydrogen (secondary N) is 1. The average Bonchev–Trinajstić information content (AvgIpc) is 2.88. The molecule has 0 aliphatic heterocycles. The number of anilines is 1. The Labute approximate surface area is 220 Å². The van der Waals surface area contributed by atoms with Gasteiger partial charge >= 0.3 is 0 Å². The van der Waals surface area contributed by atoms with Crippen LogP contribution in [0.4, 0.5) is 5.69 Å². The molecule has 11 heteroatoms. The summed E-state index contributed by atoms with van der Waals surface area (Å²) < 4.78 is 56.1. The van der Waals surface area contributed by atoms with Crippen molar-refractivity contribution in [1.29, 1.82) is 0 Å². The van der Waals surface area contributed by atoms with Crippen molar-refractivity contribution in [3.63, 3.8) is 0 Å². The molecule has 0 saturated heterocycles. The molecule has 3 aromatic carbocycles. The van der Waals surface area contributed by atoms with Gasteiger partial charge in [-0.2, -0.15) is 0 Å². The molecule has 0 aliphatic rings. The van der Waals surface area contributed by atoms with Gasteiger partial charge in [0, 0.05) is 5.56 Å². The Morgan fingerprint density at radius 2 is 1.31 bits per heavy atom. The predicted octanol–water partition coefficient (Wildman–Crippen LogP) is 6.01. The first-order valence-corrected chi connectivity index (χ1v) is 12.6. The first kappa shape index (κ1) is 27.3. The van der Waals surface area contributed by atoms with Crippen LogP contribution in [-0.2, 0) is 10.0 Å². The number of methoxy groups -OCH3 is 5. The number of sulfonamides is 1. The van der Waals surface area contributed by atoms with Gasteiger partial charge in [-0.25, -0.2) is 8.42 Å². The lowest BCUT2D eigenvalue weighted by Crippen LogP contribution is -2.15. The van der Waals surface area contributed by atoms with Gasteiger partial charge in [0.05, 0.1) is 50.5 Å². The van der Waals surface area contributed by atoms with E-state index >= 15 is 0 Å². The number of rotatable bonds is 10. The van der Waals surface area contributed by atoms with Crippen molar-refractivity contribution >= 4 is 51.1 Å². The quantitative estimate of drug-likeness (QED) is 0.307. The summed E-state index contributed by atoms with van der Waals surface area (Å²) in [4.78, 5) is -0.0682. The molecule has 0 bridgehead atoms. The molecule has 3 rings (SSSR count). The minimum Gasteiger partial charge on any atom is -0.493 e. The SMILES string of the molecule is COc1cc(C=Cc2ccc(OC)c(OC)c2NS(=O)(=O)c2ccc(Cl)c(Cl)c2)cc(OC)c1OC. The lowest BCUT2D eigenvalue weighted by atomic mass is 10.1. The van der Waals surface area contributed by atoms with Crippen molar-refractivity contribution in [3.8, 4) is 28.7 Å². The highest BCUT2D eigenvalue weighted by Crippen LogP contribution is 2.41. The molecule has 0 radical (unpaired) electrons. The fraction of sp³-hybridized carbons (Fsp3) is 0.200. The van der Waals surface area contributed by atoms with Crippen LogP contribution in [0.15, 0.2) is 47.4 Å². The Bertz CT molecular complexity index is 1370. The molecular formula is C25H25Cl2NO7S. The third-order valence-corrected chi connectivity index (χ3v) is 7.24. The molecule has 36 heavy (non-hydrogen) atoms. The second kappa shape index (κ2) is 11.6. The number of hydrogen-bond acceptors (Lipinski definition) is 7. The van der Waals surface area contributed by atoms with Crippen LogP contribution >= 0.6 is 23.2 Å². The van der Waals surface area contributed by atoms with Crippen LogP contribution < -0.4 is 28.4 Å². The van der Waals surface area contributed by atoms with Gasteiger partial charge < -0.3 is 23.7 Å². The van der Waals surface area contributed by atoms with Crippen molar-refractivity contribution in [2.24, 2.45) is 0 Å². The van der Waals surface area contributed by atoms with Crippen molar-refractivity contribution < 1.29 is 32.1 Å². The zero-order valence-electron chi connectivity index (χ0n) is 20.2. The first-order valence-electron chi connectivity index (χ1n) is 10.4. The first-order chi connectivity index (χ1) is 17.2. The highest BCUT2D eigenvalue weighted by atomic mass is 35.5. The third kappa shape index (κ3) is 5.75. The number of hydrogen-bond donors (Lipinski definition) is 1. The van der Waals surface area contributed by atoms with Crippen LogP contribution in [0.2, 0.25) is 10.0 Å². The summed E-state index contributed by atoms with van der Waals surface area (Å²) in [6.45, 7) is 0. The Morgan fingerprint density at radius 1 is 0.694 bits per heavy atom. The van der Waals surface area contributed by atoms with E-state index in [4.69, 9.17) is 46.9 Å². The van der Waals surface area contributed by atoms with E-state index in [0.29, 0.717) is 28.6 Å². The minimum atomic E-state index is -4.07. The molecule has 0 saturated carbocycles. The Balaban J connectivity index is 2.11. The average molecular weight is 554 g/mol. The van der Waals surface area contributed by atoms with E-state index in [1.54, 1.807) is 36.4 Å². The molecule has 192 valence electrons. The standard InChI is InChI=1S/C25H25Cl2NO7S/c1-31-20-11-8-16(7-6-15-12-21(32-2)24(34-4)22(13-15)33-3)23(25(20)35-5)28-36(29,30)17-9-10-18(26)19(27)14-17/h6-14,28H,1-5H3. The molecule has 0 fully saturated rings. The van der Waals surface area contributed by atoms with Crippen LogP contribution in [-0.4, -0.2) is 44.0 Å². The Kier molecular flexibility index (Phi) is 8.84. The maximum Gasteiger partial charge on any atom is 0.262 e. The van der Waals surface area contributed by atoms with Crippen LogP contribution in [0.3, 0.4) is 0 Å². The second-order valence-electron chi connectivity index (χ2n) is 7.24. The van der Waals surface area contributed by atoms with E-state index in [1.807, 2.05) is 0 Å². The number of ether oxygens (including phenoxy) is 5. The van der Waals surface area contributed by atoms with Gasteiger partial charge in [0.2, 0.25) is 5.75 Å². The maximum absolute atomic E-state index is 13.2. The minimum absolute atomic E-state index is 0.0682. The Hall–Kier alpha value is -3.27. The molecular weight excluding hydrogens is 529 g/mol. The third-order valence-electron chi connectivity index (χ3n) is 5.16. The molecule has 0 heterocycles. The van der Waals surface area contributed by atoms with E-state index in [1.165, 1.54) is 53.7 Å². The van der Waals surface area contributed by atoms with E-state index in [0.717, 1.165) is 5.56 Å². The summed E-state index contributed by atoms with van der Waals surface area (Å²) in [6, 6.07) is 10.9. The van der Waals surface area contributed by atoms with Crippen LogP contribution in [0.1, 0.15) is 11.1 Å². The number of halogens is 2. The molecule has 0 aliphatic carbocycles. The van der Waals surface area contributed by atoms with Gasteiger partial charge in [0.15, 0.2) is 23.0 Å². The van der Waals surface area contributed by atoms with Gasteiger partial charge in [-0.05, 0) is 48.0 Å². The second-order valence-corrected chi connectivity index (χ2v) is 9.74. The fourth-order valence-corrected chi connectivity index (χ4v) is 4.89. The monoisotopic (exact) mass is 553 g/mol. The summed E-state index contributed by atoms with van der Waals surface area (Å²) in [5.74, 6) is 1.95. The van der Waals surface area contributed by atoms with E-state index < -0.39 is 10.0 Å². The zero-order valence-corrected chi connectivity index (χ0v) is 22.5. The summed E-state index contributed by atoms with van der Waals surface area (Å²) in [5, 5.41) is 0.350. The van der Waals surface area contributed by atoms with Gasteiger partial charge in [-0.1, -0.05) is 35.4 Å². The summed E-state index contributed by atoms with van der Waals surface area (Å²) >= 11 is 12.0. The van der Waals surface area contributed by atoms with Crippen LogP contribution in [0, 0.1) is 0 Å². The molecule has 0 spiro atoms. The lowest BCUT2D eigenvalue weighted by molar-refractivity contribution is 0.324. The molecule has 1 N–H and O–H groups in total. The van der Waals surface area contributed by atoms with Crippen molar-refractivity contribution in [2.45, 2.75) is 4.90 Å². The van der Waals surface area contributed by atoms with E-state index in [-0.39, 0.29) is 26.4 Å².